The lowest BCUT2D eigenvalue weighted by Crippen LogP contribution is -2.21. The first-order chi connectivity index (χ1) is 12.9. The Hall–Kier alpha value is -2.84. The molecule has 2 aromatic rings. The zero-order valence-corrected chi connectivity index (χ0v) is 16.0. The maximum Gasteiger partial charge on any atom is 0.323 e. The van der Waals surface area contributed by atoms with Gasteiger partial charge < -0.3 is 20.2 Å². The molecule has 1 aromatic carbocycles. The first-order valence-corrected chi connectivity index (χ1v) is 8.42. The largest absolute Gasteiger partial charge is 0.425 e. The number of pyridine rings is 1. The van der Waals surface area contributed by atoms with Crippen LogP contribution in [0.2, 0.25) is 10.0 Å². The van der Waals surface area contributed by atoms with Gasteiger partial charge in [0.05, 0.1) is 16.9 Å². The van der Waals surface area contributed by atoms with Gasteiger partial charge in [-0.25, -0.2) is 0 Å². The number of halogens is 2. The minimum atomic E-state index is -0.483. The van der Waals surface area contributed by atoms with E-state index in [1.54, 1.807) is 31.4 Å². The number of esters is 1. The number of anilines is 1. The molecule has 0 saturated heterocycles. The van der Waals surface area contributed by atoms with E-state index < -0.39 is 5.97 Å². The molecule has 142 valence electrons. The minimum Gasteiger partial charge on any atom is -0.425 e. The smallest absolute Gasteiger partial charge is 0.323 e. The fourth-order valence-corrected chi connectivity index (χ4v) is 2.71. The SMILES string of the molecule is CN/C(=N\OC=O)c1ccc(NCc2cc(Cl)cc(Cl)c2OC(C)=O)cn1. The van der Waals surface area contributed by atoms with Gasteiger partial charge in [-0.2, -0.15) is 0 Å². The average Bonchev–Trinajstić information content (AvgIpc) is 2.63. The highest BCUT2D eigenvalue weighted by Gasteiger charge is 2.13. The highest BCUT2D eigenvalue weighted by molar-refractivity contribution is 6.35. The van der Waals surface area contributed by atoms with Gasteiger partial charge >= 0.3 is 12.4 Å². The average molecular weight is 411 g/mol. The quantitative estimate of drug-likeness (QED) is 0.137. The van der Waals surface area contributed by atoms with Crippen LogP contribution in [0.15, 0.2) is 35.6 Å². The summed E-state index contributed by atoms with van der Waals surface area (Å²) in [5.74, 6) is 0.0663. The van der Waals surface area contributed by atoms with Crippen LogP contribution >= 0.6 is 23.2 Å². The third-order valence-electron chi connectivity index (χ3n) is 3.24. The summed E-state index contributed by atoms with van der Waals surface area (Å²) in [6.07, 6.45) is 1.57. The highest BCUT2D eigenvalue weighted by Crippen LogP contribution is 2.33. The van der Waals surface area contributed by atoms with Gasteiger partial charge in [0.1, 0.15) is 5.69 Å². The van der Waals surface area contributed by atoms with Gasteiger partial charge in [-0.3, -0.25) is 14.6 Å². The van der Waals surface area contributed by atoms with Crippen molar-refractivity contribution in [2.45, 2.75) is 13.5 Å². The molecule has 8 nitrogen and oxygen atoms in total. The van der Waals surface area contributed by atoms with E-state index in [2.05, 4.69) is 25.6 Å². The number of carbonyl (C=O) groups is 2. The summed E-state index contributed by atoms with van der Waals surface area (Å²) >= 11 is 12.1. The van der Waals surface area contributed by atoms with Gasteiger partial charge in [-0.15, -0.1) is 0 Å². The number of nitrogens with one attached hydrogen (secondary N) is 2. The molecule has 2 N–H and O–H groups in total. The molecule has 0 aliphatic carbocycles. The number of rotatable bonds is 7. The second-order valence-corrected chi connectivity index (χ2v) is 5.99. The molecule has 0 amide bonds. The van der Waals surface area contributed by atoms with Crippen LogP contribution in [0, 0.1) is 0 Å². The first kappa shape index (κ1) is 20.5. The summed E-state index contributed by atoms with van der Waals surface area (Å²) in [5.41, 5.74) is 1.79. The summed E-state index contributed by atoms with van der Waals surface area (Å²) in [6, 6.07) is 6.60. The zero-order valence-electron chi connectivity index (χ0n) is 14.5. The van der Waals surface area contributed by atoms with E-state index in [4.69, 9.17) is 27.9 Å². The summed E-state index contributed by atoms with van der Waals surface area (Å²) < 4.78 is 5.17. The standard InChI is InChI=1S/C17H16Cl2N4O4/c1-10(25)27-16-11(5-12(18)6-14(16)19)7-21-13-3-4-15(22-8-13)17(20-2)23-26-9-24/h3-6,8-9,21H,7H2,1-2H3,(H,20,23). The van der Waals surface area contributed by atoms with Crippen molar-refractivity contribution in [3.63, 3.8) is 0 Å². The van der Waals surface area contributed by atoms with E-state index in [-0.39, 0.29) is 17.2 Å². The molecule has 0 aliphatic heterocycles. The third kappa shape index (κ3) is 5.83. The Morgan fingerprint density at radius 2 is 2.11 bits per heavy atom. The highest BCUT2D eigenvalue weighted by atomic mass is 35.5. The molecule has 0 radical (unpaired) electrons. The summed E-state index contributed by atoms with van der Waals surface area (Å²) in [6.45, 7) is 1.80. The first-order valence-electron chi connectivity index (χ1n) is 7.66. The summed E-state index contributed by atoms with van der Waals surface area (Å²) in [4.78, 5) is 30.1. The lowest BCUT2D eigenvalue weighted by atomic mass is 10.2. The number of oxime groups is 1. The molecule has 0 bridgehead atoms. The third-order valence-corrected chi connectivity index (χ3v) is 3.74. The molecule has 10 heteroatoms. The molecule has 0 saturated carbocycles. The van der Waals surface area contributed by atoms with E-state index in [0.29, 0.717) is 34.3 Å². The minimum absolute atomic E-state index is 0.212. The summed E-state index contributed by atoms with van der Waals surface area (Å²) in [5, 5.41) is 10.2. The fraction of sp³-hybridized carbons (Fsp3) is 0.176. The summed E-state index contributed by atoms with van der Waals surface area (Å²) in [7, 11) is 1.63. The van der Waals surface area contributed by atoms with Crippen LogP contribution in [-0.2, 0) is 21.0 Å². The van der Waals surface area contributed by atoms with Gasteiger partial charge in [-0.1, -0.05) is 28.4 Å². The van der Waals surface area contributed by atoms with Gasteiger partial charge in [0.25, 0.3) is 0 Å². The number of hydrogen-bond donors (Lipinski definition) is 2. The van der Waals surface area contributed by atoms with Crippen molar-refractivity contribution in [3.8, 4) is 5.75 Å². The molecule has 0 aliphatic rings. The predicted molar refractivity (Wildman–Crippen MR) is 102 cm³/mol. The number of aromatic nitrogens is 1. The molecule has 0 atom stereocenters. The predicted octanol–water partition coefficient (Wildman–Crippen LogP) is 2.98. The molecule has 27 heavy (non-hydrogen) atoms. The molecule has 2 rings (SSSR count). The van der Waals surface area contributed by atoms with Crippen LogP contribution < -0.4 is 15.4 Å². The molecule has 0 unspecified atom stereocenters. The van der Waals surface area contributed by atoms with Crippen molar-refractivity contribution in [2.75, 3.05) is 12.4 Å². The van der Waals surface area contributed by atoms with Crippen molar-refractivity contribution in [3.05, 3.63) is 51.8 Å². The number of carbonyl (C=O) groups excluding carboxylic acids is 2. The number of ether oxygens (including phenoxy) is 1. The topological polar surface area (TPSA) is 102 Å². The van der Waals surface area contributed by atoms with Crippen LogP contribution in [0.1, 0.15) is 18.2 Å². The molecular formula is C17H16Cl2N4O4. The number of amidine groups is 1. The van der Waals surface area contributed by atoms with Crippen molar-refractivity contribution in [1.29, 1.82) is 0 Å². The number of hydrogen-bond acceptors (Lipinski definition) is 7. The van der Waals surface area contributed by atoms with Crippen LogP contribution in [0.5, 0.6) is 5.75 Å². The molecule has 1 heterocycles. The Kier molecular flexibility index (Phi) is 7.39. The zero-order chi connectivity index (χ0) is 19.8. The monoisotopic (exact) mass is 410 g/mol. The number of benzene rings is 1. The maximum atomic E-state index is 11.3. The van der Waals surface area contributed by atoms with Crippen molar-refractivity contribution < 1.29 is 19.2 Å². The van der Waals surface area contributed by atoms with E-state index in [0.717, 1.165) is 0 Å². The van der Waals surface area contributed by atoms with Gasteiger partial charge in [-0.05, 0) is 24.3 Å². The van der Waals surface area contributed by atoms with Crippen LogP contribution in [-0.4, -0.2) is 30.3 Å². The van der Waals surface area contributed by atoms with Crippen molar-refractivity contribution in [1.82, 2.24) is 10.3 Å². The van der Waals surface area contributed by atoms with Crippen LogP contribution in [0.3, 0.4) is 0 Å². The Bertz CT molecular complexity index is 857. The van der Waals surface area contributed by atoms with Gasteiger partial charge in [0.15, 0.2) is 11.6 Å². The molecule has 1 aromatic heterocycles. The van der Waals surface area contributed by atoms with Gasteiger partial charge in [0.2, 0.25) is 0 Å². The Morgan fingerprint density at radius 1 is 1.33 bits per heavy atom. The lowest BCUT2D eigenvalue weighted by Gasteiger charge is -2.13. The second kappa shape index (κ2) is 9.75. The van der Waals surface area contributed by atoms with E-state index in [1.807, 2.05) is 0 Å². The Balaban J connectivity index is 2.15. The lowest BCUT2D eigenvalue weighted by molar-refractivity contribution is -0.132. The second-order valence-electron chi connectivity index (χ2n) is 5.15. The fourth-order valence-electron chi connectivity index (χ4n) is 2.13. The normalized spacial score (nSPS) is 10.9. The van der Waals surface area contributed by atoms with E-state index in [1.165, 1.54) is 13.0 Å². The van der Waals surface area contributed by atoms with Crippen LogP contribution in [0.25, 0.3) is 0 Å². The maximum absolute atomic E-state index is 11.3. The molecular weight excluding hydrogens is 395 g/mol. The Labute approximate surface area is 165 Å². The molecule has 0 fully saturated rings. The van der Waals surface area contributed by atoms with E-state index in [9.17, 15) is 9.59 Å². The van der Waals surface area contributed by atoms with Crippen LogP contribution in [0.4, 0.5) is 5.69 Å². The van der Waals surface area contributed by atoms with Gasteiger partial charge in [0, 0.05) is 31.1 Å². The Morgan fingerprint density at radius 3 is 2.70 bits per heavy atom. The molecule has 0 spiro atoms. The van der Waals surface area contributed by atoms with Crippen molar-refractivity contribution in [2.24, 2.45) is 5.16 Å². The van der Waals surface area contributed by atoms with Crippen molar-refractivity contribution >= 4 is 47.2 Å². The number of nitrogens with zero attached hydrogens (tertiary/aromatic N) is 2. The van der Waals surface area contributed by atoms with E-state index >= 15 is 0 Å².